The van der Waals surface area contributed by atoms with E-state index in [-0.39, 0.29) is 5.41 Å². The van der Waals surface area contributed by atoms with E-state index in [9.17, 15) is 0 Å². The highest BCUT2D eigenvalue weighted by atomic mass is 16.3. The van der Waals surface area contributed by atoms with Crippen LogP contribution in [0.3, 0.4) is 0 Å². The van der Waals surface area contributed by atoms with Crippen molar-refractivity contribution >= 4 is 0 Å². The number of aliphatic hydroxyl groups excluding tert-OH is 1. The van der Waals surface area contributed by atoms with Crippen LogP contribution in [-0.2, 0) is 0 Å². The zero-order valence-corrected chi connectivity index (χ0v) is 11.5. The zero-order valence-electron chi connectivity index (χ0n) is 11.5. The van der Waals surface area contributed by atoms with Crippen LogP contribution in [0.5, 0.6) is 0 Å². The van der Waals surface area contributed by atoms with Gasteiger partial charge in [-0.2, -0.15) is 0 Å². The predicted molar refractivity (Wildman–Crippen MR) is 72.0 cm³/mol. The van der Waals surface area contributed by atoms with Gasteiger partial charge in [-0.05, 0) is 49.4 Å². The van der Waals surface area contributed by atoms with Gasteiger partial charge in [0.1, 0.15) is 0 Å². The first-order valence-corrected chi connectivity index (χ1v) is 7.45. The maximum Gasteiger partial charge on any atom is 0.0436 e. The van der Waals surface area contributed by atoms with Gasteiger partial charge >= 0.3 is 0 Å². The average Bonchev–Trinajstić information content (AvgIpc) is 3.11. The molecule has 0 aliphatic heterocycles. The van der Waals surface area contributed by atoms with E-state index in [2.05, 4.69) is 19.2 Å². The SMILES string of the molecule is CC(C)(CCO)CNC1CCCC(C2CC2)C1. The Bertz CT molecular complexity index is 235. The van der Waals surface area contributed by atoms with Crippen LogP contribution < -0.4 is 5.32 Å². The first-order valence-electron chi connectivity index (χ1n) is 7.45. The molecule has 2 rings (SSSR count). The topological polar surface area (TPSA) is 32.3 Å². The number of hydrogen-bond acceptors (Lipinski definition) is 2. The lowest BCUT2D eigenvalue weighted by Crippen LogP contribution is -2.40. The van der Waals surface area contributed by atoms with E-state index in [4.69, 9.17) is 5.11 Å². The first kappa shape index (κ1) is 13.4. The molecule has 0 aromatic carbocycles. The molecular weight excluding hydrogens is 210 g/mol. The largest absolute Gasteiger partial charge is 0.396 e. The molecule has 2 fully saturated rings. The minimum atomic E-state index is 0.237. The van der Waals surface area contributed by atoms with E-state index in [1.165, 1.54) is 38.5 Å². The number of nitrogens with one attached hydrogen (secondary N) is 1. The molecule has 2 N–H and O–H groups in total. The summed E-state index contributed by atoms with van der Waals surface area (Å²) < 4.78 is 0. The lowest BCUT2D eigenvalue weighted by molar-refractivity contribution is 0.188. The van der Waals surface area contributed by atoms with E-state index in [1.54, 1.807) is 0 Å². The number of hydrogen-bond donors (Lipinski definition) is 2. The van der Waals surface area contributed by atoms with Gasteiger partial charge in [0.25, 0.3) is 0 Å². The van der Waals surface area contributed by atoms with Crippen molar-refractivity contribution in [3.8, 4) is 0 Å². The van der Waals surface area contributed by atoms with Gasteiger partial charge < -0.3 is 10.4 Å². The fourth-order valence-corrected chi connectivity index (χ4v) is 3.22. The van der Waals surface area contributed by atoms with Crippen molar-refractivity contribution in [3.05, 3.63) is 0 Å². The summed E-state index contributed by atoms with van der Waals surface area (Å²) in [5, 5.41) is 12.8. The van der Waals surface area contributed by atoms with Crippen molar-refractivity contribution in [1.29, 1.82) is 0 Å². The molecule has 0 amide bonds. The molecule has 0 radical (unpaired) electrons. The molecule has 0 bridgehead atoms. The molecule has 2 aliphatic carbocycles. The molecule has 2 saturated carbocycles. The van der Waals surface area contributed by atoms with Gasteiger partial charge in [-0.3, -0.25) is 0 Å². The van der Waals surface area contributed by atoms with Gasteiger partial charge in [-0.15, -0.1) is 0 Å². The highest BCUT2D eigenvalue weighted by Gasteiger charge is 2.34. The van der Waals surface area contributed by atoms with Gasteiger partial charge in [0.15, 0.2) is 0 Å². The van der Waals surface area contributed by atoms with E-state index in [1.807, 2.05) is 0 Å². The molecular formula is C15H29NO. The second-order valence-electron chi connectivity index (χ2n) is 6.98. The van der Waals surface area contributed by atoms with Crippen molar-refractivity contribution in [1.82, 2.24) is 5.32 Å². The van der Waals surface area contributed by atoms with Crippen molar-refractivity contribution in [2.75, 3.05) is 13.2 Å². The molecule has 100 valence electrons. The Morgan fingerprint density at radius 2 is 1.88 bits per heavy atom. The molecule has 0 heterocycles. The maximum absolute atomic E-state index is 9.03. The normalized spacial score (nSPS) is 30.5. The van der Waals surface area contributed by atoms with E-state index in [0.717, 1.165) is 30.8 Å². The van der Waals surface area contributed by atoms with Crippen molar-refractivity contribution in [3.63, 3.8) is 0 Å². The molecule has 2 nitrogen and oxygen atoms in total. The summed E-state index contributed by atoms with van der Waals surface area (Å²) in [6.07, 6.45) is 9.54. The zero-order chi connectivity index (χ0) is 12.3. The van der Waals surface area contributed by atoms with Crippen molar-refractivity contribution < 1.29 is 5.11 Å². The monoisotopic (exact) mass is 239 g/mol. The first-order chi connectivity index (χ1) is 8.11. The molecule has 0 aromatic heterocycles. The minimum Gasteiger partial charge on any atom is -0.396 e. The Morgan fingerprint density at radius 3 is 2.53 bits per heavy atom. The standard InChI is InChI=1S/C15H29NO/c1-15(2,8-9-17)11-16-14-5-3-4-13(10-14)12-6-7-12/h12-14,16-17H,3-11H2,1-2H3. The van der Waals surface area contributed by atoms with Crippen LogP contribution in [0.4, 0.5) is 0 Å². The average molecular weight is 239 g/mol. The van der Waals surface area contributed by atoms with Crippen LogP contribution >= 0.6 is 0 Å². The summed E-state index contributed by atoms with van der Waals surface area (Å²) in [6, 6.07) is 0.743. The van der Waals surface area contributed by atoms with Gasteiger partial charge in [0.05, 0.1) is 0 Å². The third-order valence-electron chi connectivity index (χ3n) is 4.66. The van der Waals surface area contributed by atoms with Gasteiger partial charge in [-0.25, -0.2) is 0 Å². The highest BCUT2D eigenvalue weighted by molar-refractivity contribution is 4.88. The molecule has 0 saturated heterocycles. The number of rotatable bonds is 6. The molecule has 2 atom stereocenters. The fraction of sp³-hybridized carbons (Fsp3) is 1.00. The van der Waals surface area contributed by atoms with Gasteiger partial charge in [0, 0.05) is 19.2 Å². The van der Waals surface area contributed by atoms with Crippen LogP contribution in [-0.4, -0.2) is 24.3 Å². The molecule has 0 spiro atoms. The highest BCUT2D eigenvalue weighted by Crippen LogP contribution is 2.43. The summed E-state index contributed by atoms with van der Waals surface area (Å²) in [6.45, 7) is 5.86. The third kappa shape index (κ3) is 4.26. The lowest BCUT2D eigenvalue weighted by atomic mass is 9.82. The smallest absolute Gasteiger partial charge is 0.0436 e. The van der Waals surface area contributed by atoms with E-state index < -0.39 is 0 Å². The summed E-state index contributed by atoms with van der Waals surface area (Å²) in [7, 11) is 0. The molecule has 2 unspecified atom stereocenters. The molecule has 2 aliphatic rings. The molecule has 2 heteroatoms. The summed E-state index contributed by atoms with van der Waals surface area (Å²) in [5.41, 5.74) is 0.237. The second-order valence-corrected chi connectivity index (χ2v) is 6.98. The Hall–Kier alpha value is -0.0800. The van der Waals surface area contributed by atoms with Crippen LogP contribution in [0.2, 0.25) is 0 Å². The Morgan fingerprint density at radius 1 is 1.12 bits per heavy atom. The van der Waals surface area contributed by atoms with Crippen molar-refractivity contribution in [2.45, 2.75) is 64.8 Å². The Balaban J connectivity index is 1.71. The summed E-state index contributed by atoms with van der Waals surface area (Å²) >= 11 is 0. The van der Waals surface area contributed by atoms with Crippen LogP contribution in [0, 0.1) is 17.3 Å². The predicted octanol–water partition coefficient (Wildman–Crippen LogP) is 2.95. The fourth-order valence-electron chi connectivity index (χ4n) is 3.22. The Labute approximate surface area is 106 Å². The quantitative estimate of drug-likeness (QED) is 0.747. The lowest BCUT2D eigenvalue weighted by Gasteiger charge is -2.33. The van der Waals surface area contributed by atoms with Crippen LogP contribution in [0.1, 0.15) is 58.8 Å². The Kier molecular flexibility index (Phi) is 4.48. The maximum atomic E-state index is 9.03. The third-order valence-corrected chi connectivity index (χ3v) is 4.66. The van der Waals surface area contributed by atoms with Crippen LogP contribution in [0.25, 0.3) is 0 Å². The van der Waals surface area contributed by atoms with Crippen LogP contribution in [0.15, 0.2) is 0 Å². The van der Waals surface area contributed by atoms with E-state index >= 15 is 0 Å². The van der Waals surface area contributed by atoms with Crippen molar-refractivity contribution in [2.24, 2.45) is 17.3 Å². The summed E-state index contributed by atoms with van der Waals surface area (Å²) in [4.78, 5) is 0. The molecule has 17 heavy (non-hydrogen) atoms. The van der Waals surface area contributed by atoms with Gasteiger partial charge in [0.2, 0.25) is 0 Å². The number of aliphatic hydroxyl groups is 1. The molecule has 0 aromatic rings. The van der Waals surface area contributed by atoms with Gasteiger partial charge in [-0.1, -0.05) is 26.7 Å². The second kappa shape index (κ2) is 5.71. The van der Waals surface area contributed by atoms with E-state index in [0.29, 0.717) is 6.61 Å². The summed E-state index contributed by atoms with van der Waals surface area (Å²) in [5.74, 6) is 2.09. The minimum absolute atomic E-state index is 0.237.